The van der Waals surface area contributed by atoms with E-state index < -0.39 is 0 Å². The maximum atomic E-state index is 8.80. The van der Waals surface area contributed by atoms with Gasteiger partial charge < -0.3 is 15.2 Å². The van der Waals surface area contributed by atoms with Crippen molar-refractivity contribution in [2.75, 3.05) is 33.4 Å². The topological polar surface area (TPSA) is 41.5 Å². The number of ether oxygens (including phenoxy) is 1. The molecule has 0 bridgehead atoms. The highest BCUT2D eigenvalue weighted by molar-refractivity contribution is 4.53. The molecule has 0 rings (SSSR count). The smallest absolute Gasteiger partial charge is 0.0462 e. The van der Waals surface area contributed by atoms with Crippen LogP contribution in [-0.2, 0) is 4.74 Å². The van der Waals surface area contributed by atoms with E-state index in [0.717, 1.165) is 39.0 Å². The van der Waals surface area contributed by atoms with Crippen molar-refractivity contribution < 1.29 is 9.84 Å². The summed E-state index contributed by atoms with van der Waals surface area (Å²) in [6.45, 7) is 5.41. The lowest BCUT2D eigenvalue weighted by Crippen LogP contribution is -2.18. The molecular weight excluding hydrogens is 178 g/mol. The summed E-state index contributed by atoms with van der Waals surface area (Å²) in [6, 6.07) is 0. The molecule has 0 spiro atoms. The van der Waals surface area contributed by atoms with Crippen LogP contribution < -0.4 is 5.32 Å². The predicted molar refractivity (Wildman–Crippen MR) is 59.5 cm³/mol. The summed E-state index contributed by atoms with van der Waals surface area (Å²) in [7, 11) is 1.74. The standard InChI is InChI=1S/C11H25NO2/c1-11(10-13)6-5-8-12-7-3-4-9-14-2/h11-13H,3-10H2,1-2H3. The van der Waals surface area contributed by atoms with Crippen LogP contribution in [0.1, 0.15) is 32.6 Å². The third kappa shape index (κ3) is 9.96. The highest BCUT2D eigenvalue weighted by atomic mass is 16.5. The van der Waals surface area contributed by atoms with Gasteiger partial charge in [-0.2, -0.15) is 0 Å². The summed E-state index contributed by atoms with van der Waals surface area (Å²) in [4.78, 5) is 0. The predicted octanol–water partition coefficient (Wildman–Crippen LogP) is 1.41. The second kappa shape index (κ2) is 11.0. The van der Waals surface area contributed by atoms with Gasteiger partial charge in [-0.05, 0) is 44.7 Å². The maximum absolute atomic E-state index is 8.80. The van der Waals surface area contributed by atoms with Crippen molar-refractivity contribution in [1.82, 2.24) is 5.32 Å². The van der Waals surface area contributed by atoms with Gasteiger partial charge >= 0.3 is 0 Å². The second-order valence-corrected chi connectivity index (χ2v) is 3.88. The first-order chi connectivity index (χ1) is 6.81. The molecule has 0 aromatic carbocycles. The molecule has 0 aliphatic carbocycles. The average Bonchev–Trinajstić information content (AvgIpc) is 2.21. The van der Waals surface area contributed by atoms with Gasteiger partial charge in [0.15, 0.2) is 0 Å². The number of methoxy groups -OCH3 is 1. The minimum atomic E-state index is 0.313. The van der Waals surface area contributed by atoms with Gasteiger partial charge in [0.05, 0.1) is 0 Å². The van der Waals surface area contributed by atoms with Gasteiger partial charge in [-0.15, -0.1) is 0 Å². The Morgan fingerprint density at radius 3 is 2.57 bits per heavy atom. The molecule has 0 aliphatic rings. The van der Waals surface area contributed by atoms with Crippen LogP contribution in [0.4, 0.5) is 0 Å². The van der Waals surface area contributed by atoms with E-state index in [4.69, 9.17) is 9.84 Å². The fourth-order valence-corrected chi connectivity index (χ4v) is 1.29. The molecule has 86 valence electrons. The molecule has 2 N–H and O–H groups in total. The van der Waals surface area contributed by atoms with E-state index in [0.29, 0.717) is 12.5 Å². The number of nitrogens with one attached hydrogen (secondary N) is 1. The molecule has 0 fully saturated rings. The molecule has 0 heterocycles. The molecular formula is C11H25NO2. The van der Waals surface area contributed by atoms with Crippen LogP contribution >= 0.6 is 0 Å². The molecule has 0 aromatic rings. The lowest BCUT2D eigenvalue weighted by Gasteiger charge is -2.08. The van der Waals surface area contributed by atoms with Gasteiger partial charge in [0.1, 0.15) is 0 Å². The zero-order valence-electron chi connectivity index (χ0n) is 9.59. The Kier molecular flexibility index (Phi) is 10.9. The molecule has 0 radical (unpaired) electrons. The minimum absolute atomic E-state index is 0.313. The van der Waals surface area contributed by atoms with Crippen LogP contribution in [0.3, 0.4) is 0 Å². The first-order valence-corrected chi connectivity index (χ1v) is 5.61. The largest absolute Gasteiger partial charge is 0.396 e. The summed E-state index contributed by atoms with van der Waals surface area (Å²) in [6.07, 6.45) is 4.59. The Hall–Kier alpha value is -0.120. The van der Waals surface area contributed by atoms with Crippen LogP contribution in [0.15, 0.2) is 0 Å². The fraction of sp³-hybridized carbons (Fsp3) is 1.00. The van der Waals surface area contributed by atoms with E-state index in [1.807, 2.05) is 0 Å². The number of aliphatic hydroxyl groups is 1. The number of hydrogen-bond acceptors (Lipinski definition) is 3. The molecule has 3 heteroatoms. The van der Waals surface area contributed by atoms with Crippen LogP contribution in [0.2, 0.25) is 0 Å². The second-order valence-electron chi connectivity index (χ2n) is 3.88. The van der Waals surface area contributed by atoms with Crippen molar-refractivity contribution in [3.63, 3.8) is 0 Å². The summed E-state index contributed by atoms with van der Waals surface area (Å²) in [5.41, 5.74) is 0. The maximum Gasteiger partial charge on any atom is 0.0462 e. The molecule has 14 heavy (non-hydrogen) atoms. The van der Waals surface area contributed by atoms with E-state index in [2.05, 4.69) is 12.2 Å². The van der Waals surface area contributed by atoms with Crippen LogP contribution in [0.25, 0.3) is 0 Å². The van der Waals surface area contributed by atoms with E-state index >= 15 is 0 Å². The Morgan fingerprint density at radius 2 is 1.93 bits per heavy atom. The summed E-state index contributed by atoms with van der Waals surface area (Å²) >= 11 is 0. The van der Waals surface area contributed by atoms with Crippen LogP contribution in [0, 0.1) is 5.92 Å². The number of rotatable bonds is 10. The highest BCUT2D eigenvalue weighted by Crippen LogP contribution is 2.02. The van der Waals surface area contributed by atoms with Gasteiger partial charge in [0, 0.05) is 20.3 Å². The first-order valence-electron chi connectivity index (χ1n) is 5.61. The Morgan fingerprint density at radius 1 is 1.21 bits per heavy atom. The molecule has 0 aliphatic heterocycles. The Labute approximate surface area is 87.8 Å². The van der Waals surface area contributed by atoms with Crippen molar-refractivity contribution in [2.24, 2.45) is 5.92 Å². The molecule has 0 aromatic heterocycles. The summed E-state index contributed by atoms with van der Waals surface area (Å²) in [5.74, 6) is 0.449. The van der Waals surface area contributed by atoms with Crippen molar-refractivity contribution in [1.29, 1.82) is 0 Å². The molecule has 3 nitrogen and oxygen atoms in total. The van der Waals surface area contributed by atoms with Crippen molar-refractivity contribution >= 4 is 0 Å². The van der Waals surface area contributed by atoms with Crippen molar-refractivity contribution in [3.05, 3.63) is 0 Å². The average molecular weight is 203 g/mol. The lowest BCUT2D eigenvalue weighted by molar-refractivity contribution is 0.192. The molecule has 1 unspecified atom stereocenters. The van der Waals surface area contributed by atoms with Crippen LogP contribution in [0.5, 0.6) is 0 Å². The Bertz CT molecular complexity index is 109. The van der Waals surface area contributed by atoms with Crippen LogP contribution in [-0.4, -0.2) is 38.5 Å². The van der Waals surface area contributed by atoms with Crippen molar-refractivity contribution in [3.8, 4) is 0 Å². The number of aliphatic hydroxyl groups excluding tert-OH is 1. The van der Waals surface area contributed by atoms with E-state index in [1.54, 1.807) is 7.11 Å². The van der Waals surface area contributed by atoms with Gasteiger partial charge in [0.2, 0.25) is 0 Å². The first kappa shape index (κ1) is 13.9. The molecule has 1 atom stereocenters. The SMILES string of the molecule is COCCCCNCCCC(C)CO. The van der Waals surface area contributed by atoms with Crippen molar-refractivity contribution in [2.45, 2.75) is 32.6 Å². The zero-order valence-corrected chi connectivity index (χ0v) is 9.59. The summed E-state index contributed by atoms with van der Waals surface area (Å²) < 4.78 is 4.96. The highest BCUT2D eigenvalue weighted by Gasteiger charge is 1.98. The third-order valence-electron chi connectivity index (χ3n) is 2.31. The van der Waals surface area contributed by atoms with Gasteiger partial charge in [-0.25, -0.2) is 0 Å². The van der Waals surface area contributed by atoms with E-state index in [9.17, 15) is 0 Å². The quantitative estimate of drug-likeness (QED) is 0.528. The monoisotopic (exact) mass is 203 g/mol. The number of unbranched alkanes of at least 4 members (excludes halogenated alkanes) is 1. The third-order valence-corrected chi connectivity index (χ3v) is 2.31. The van der Waals surface area contributed by atoms with Gasteiger partial charge in [-0.1, -0.05) is 6.92 Å². The van der Waals surface area contributed by atoms with Gasteiger partial charge in [0.25, 0.3) is 0 Å². The summed E-state index contributed by atoms with van der Waals surface area (Å²) in [5, 5.41) is 12.2. The lowest BCUT2D eigenvalue weighted by atomic mass is 10.1. The Balaban J connectivity index is 2.92. The minimum Gasteiger partial charge on any atom is -0.396 e. The number of hydrogen-bond donors (Lipinski definition) is 2. The van der Waals surface area contributed by atoms with Gasteiger partial charge in [-0.3, -0.25) is 0 Å². The van der Waals surface area contributed by atoms with E-state index in [-0.39, 0.29) is 0 Å². The fourth-order valence-electron chi connectivity index (χ4n) is 1.29. The zero-order chi connectivity index (χ0) is 10.6. The normalized spacial score (nSPS) is 13.1. The van der Waals surface area contributed by atoms with E-state index in [1.165, 1.54) is 6.42 Å². The molecule has 0 saturated heterocycles. The molecule has 0 amide bonds. The molecule has 0 saturated carbocycles.